The molecule has 0 bridgehead atoms. The maximum absolute atomic E-state index is 12.0. The van der Waals surface area contributed by atoms with E-state index in [4.69, 9.17) is 27.9 Å². The Kier molecular flexibility index (Phi) is 7.09. The lowest BCUT2D eigenvalue weighted by atomic mass is 9.83. The summed E-state index contributed by atoms with van der Waals surface area (Å²) in [7, 11) is 0. The Bertz CT molecular complexity index is 701. The van der Waals surface area contributed by atoms with Crippen molar-refractivity contribution in [2.24, 2.45) is 5.92 Å². The largest absolute Gasteiger partial charge is 0.449 e. The Morgan fingerprint density at radius 2 is 1.76 bits per heavy atom. The molecule has 0 aromatic heterocycles. The number of amides is 1. The van der Waals surface area contributed by atoms with Crippen LogP contribution in [0.3, 0.4) is 0 Å². The zero-order valence-corrected chi connectivity index (χ0v) is 18.5. The fourth-order valence-corrected chi connectivity index (χ4v) is 5.37. The summed E-state index contributed by atoms with van der Waals surface area (Å²) in [4.78, 5) is 18.8. The van der Waals surface area contributed by atoms with Gasteiger partial charge in [0.05, 0.1) is 22.3 Å². The predicted molar refractivity (Wildman–Crippen MR) is 118 cm³/mol. The number of carbonyl (C=O) groups is 1. The van der Waals surface area contributed by atoms with Crippen molar-refractivity contribution in [2.75, 3.05) is 50.8 Å². The highest BCUT2D eigenvalue weighted by Gasteiger charge is 2.31. The molecule has 160 valence electrons. The minimum Gasteiger partial charge on any atom is -0.449 e. The van der Waals surface area contributed by atoms with Crippen LogP contribution in [0.25, 0.3) is 0 Å². The van der Waals surface area contributed by atoms with E-state index in [1.165, 1.54) is 19.3 Å². The second-order valence-corrected chi connectivity index (χ2v) is 9.31. The van der Waals surface area contributed by atoms with E-state index < -0.39 is 0 Å². The number of carbonyl (C=O) groups excluding carboxylic acids is 1. The zero-order valence-electron chi connectivity index (χ0n) is 17.0. The molecule has 4 rings (SSSR count). The van der Waals surface area contributed by atoms with Gasteiger partial charge in [0.2, 0.25) is 0 Å². The lowest BCUT2D eigenvalue weighted by Crippen LogP contribution is -2.47. The molecule has 0 spiro atoms. The van der Waals surface area contributed by atoms with Crippen LogP contribution in [0, 0.1) is 5.92 Å². The van der Waals surface area contributed by atoms with Gasteiger partial charge < -0.3 is 14.5 Å². The highest BCUT2D eigenvalue weighted by molar-refractivity contribution is 6.43. The molecule has 7 heteroatoms. The first kappa shape index (κ1) is 21.1. The van der Waals surface area contributed by atoms with E-state index in [0.717, 1.165) is 70.1 Å². The van der Waals surface area contributed by atoms with Crippen molar-refractivity contribution in [2.45, 2.75) is 44.6 Å². The van der Waals surface area contributed by atoms with Gasteiger partial charge in [0.25, 0.3) is 0 Å². The maximum atomic E-state index is 12.0. The highest BCUT2D eigenvalue weighted by Crippen LogP contribution is 2.34. The van der Waals surface area contributed by atoms with Crippen LogP contribution in [0.5, 0.6) is 0 Å². The Hall–Kier alpha value is -1.17. The Labute approximate surface area is 183 Å². The number of hydrogen-bond donors (Lipinski definition) is 0. The van der Waals surface area contributed by atoms with E-state index in [1.807, 2.05) is 17.0 Å². The van der Waals surface area contributed by atoms with Gasteiger partial charge in [-0.15, -0.1) is 0 Å². The second-order valence-electron chi connectivity index (χ2n) is 8.53. The number of anilines is 1. The fraction of sp³-hybridized carbons (Fsp3) is 0.682. The molecule has 0 unspecified atom stereocenters. The van der Waals surface area contributed by atoms with Gasteiger partial charge in [0.1, 0.15) is 0 Å². The maximum Gasteiger partial charge on any atom is 0.410 e. The van der Waals surface area contributed by atoms with Crippen LogP contribution in [-0.2, 0) is 4.74 Å². The van der Waals surface area contributed by atoms with Crippen molar-refractivity contribution in [1.82, 2.24) is 9.80 Å². The van der Waals surface area contributed by atoms with E-state index in [-0.39, 0.29) is 6.09 Å². The highest BCUT2D eigenvalue weighted by atomic mass is 35.5. The summed E-state index contributed by atoms with van der Waals surface area (Å²) in [6, 6.07) is 6.26. The normalized spacial score (nSPS) is 26.5. The predicted octanol–water partition coefficient (Wildman–Crippen LogP) is 4.91. The average Bonchev–Trinajstić information content (AvgIpc) is 2.75. The van der Waals surface area contributed by atoms with Crippen LogP contribution in [0.2, 0.25) is 10.0 Å². The summed E-state index contributed by atoms with van der Waals surface area (Å²) < 4.78 is 5.21. The molecule has 1 aliphatic carbocycles. The Balaban J connectivity index is 1.18. The van der Waals surface area contributed by atoms with Crippen molar-refractivity contribution in [3.8, 4) is 0 Å². The van der Waals surface area contributed by atoms with E-state index in [1.54, 1.807) is 0 Å². The number of nitrogens with zero attached hydrogens (tertiary/aromatic N) is 3. The van der Waals surface area contributed by atoms with E-state index in [2.05, 4.69) is 15.9 Å². The molecule has 2 saturated heterocycles. The summed E-state index contributed by atoms with van der Waals surface area (Å²) in [6.45, 7) is 6.73. The first-order valence-electron chi connectivity index (χ1n) is 11.0. The van der Waals surface area contributed by atoms with Gasteiger partial charge in [-0.2, -0.15) is 0 Å². The summed E-state index contributed by atoms with van der Waals surface area (Å²) >= 11 is 12.6. The van der Waals surface area contributed by atoms with Gasteiger partial charge in [-0.25, -0.2) is 4.79 Å². The van der Waals surface area contributed by atoms with Crippen molar-refractivity contribution in [3.05, 3.63) is 28.2 Å². The van der Waals surface area contributed by atoms with E-state index in [9.17, 15) is 4.79 Å². The second kappa shape index (κ2) is 9.76. The minimum absolute atomic E-state index is 0.0997. The summed E-state index contributed by atoms with van der Waals surface area (Å²) in [5.74, 6) is 0.785. The number of cyclic esters (lactones) is 1. The third-order valence-corrected chi connectivity index (χ3v) is 7.57. The first-order valence-corrected chi connectivity index (χ1v) is 11.7. The first-order chi connectivity index (χ1) is 14.1. The standard InChI is InChI=1S/C22H31Cl2N3O2/c23-19-3-1-4-20(21(19)24)26-14-12-25(13-15-26)11-9-17-5-7-18(8-6-17)27-10-2-16-29-22(27)28/h1,3-4,17-18H,2,5-16H2. The third-order valence-electron chi connectivity index (χ3n) is 6.76. The number of benzene rings is 1. The topological polar surface area (TPSA) is 36.0 Å². The van der Waals surface area contributed by atoms with Crippen LogP contribution in [-0.4, -0.2) is 67.8 Å². The SMILES string of the molecule is O=C1OCCCN1C1CCC(CCN2CCN(c3cccc(Cl)c3Cl)CC2)CC1. The van der Waals surface area contributed by atoms with Gasteiger partial charge in [0, 0.05) is 38.8 Å². The van der Waals surface area contributed by atoms with Crippen molar-refractivity contribution < 1.29 is 9.53 Å². The van der Waals surface area contributed by atoms with Crippen LogP contribution in [0.15, 0.2) is 18.2 Å². The number of ether oxygens (including phenoxy) is 1. The number of piperazine rings is 1. The van der Waals surface area contributed by atoms with Crippen LogP contribution < -0.4 is 4.90 Å². The molecule has 1 aromatic carbocycles. The molecule has 0 atom stereocenters. The Morgan fingerprint density at radius 1 is 1.00 bits per heavy atom. The van der Waals surface area contributed by atoms with Crippen molar-refractivity contribution in [3.63, 3.8) is 0 Å². The monoisotopic (exact) mass is 439 g/mol. The molecule has 1 aromatic rings. The molecule has 0 radical (unpaired) electrons. The lowest BCUT2D eigenvalue weighted by Gasteiger charge is -2.39. The summed E-state index contributed by atoms with van der Waals surface area (Å²) in [5, 5.41) is 1.29. The fourth-order valence-electron chi connectivity index (χ4n) is 4.96. The molecule has 3 aliphatic rings. The average molecular weight is 440 g/mol. The number of hydrogen-bond acceptors (Lipinski definition) is 4. The molecule has 5 nitrogen and oxygen atoms in total. The molecule has 29 heavy (non-hydrogen) atoms. The molecule has 0 N–H and O–H groups in total. The molecular weight excluding hydrogens is 409 g/mol. The minimum atomic E-state index is -0.0997. The van der Waals surface area contributed by atoms with Gasteiger partial charge in [-0.05, 0) is 63.1 Å². The van der Waals surface area contributed by atoms with Crippen LogP contribution in [0.4, 0.5) is 10.5 Å². The Morgan fingerprint density at radius 3 is 2.48 bits per heavy atom. The molecular formula is C22H31Cl2N3O2. The van der Waals surface area contributed by atoms with Gasteiger partial charge in [-0.3, -0.25) is 4.90 Å². The van der Waals surface area contributed by atoms with Crippen molar-refractivity contribution in [1.29, 1.82) is 0 Å². The van der Waals surface area contributed by atoms with E-state index >= 15 is 0 Å². The van der Waals surface area contributed by atoms with Gasteiger partial charge in [-0.1, -0.05) is 29.3 Å². The number of rotatable bonds is 5. The summed E-state index contributed by atoms with van der Waals surface area (Å²) in [5.41, 5.74) is 1.05. The van der Waals surface area contributed by atoms with Gasteiger partial charge >= 0.3 is 6.09 Å². The van der Waals surface area contributed by atoms with Crippen LogP contribution >= 0.6 is 23.2 Å². The van der Waals surface area contributed by atoms with Crippen LogP contribution in [0.1, 0.15) is 38.5 Å². The molecule has 2 heterocycles. The lowest BCUT2D eigenvalue weighted by molar-refractivity contribution is 0.0420. The molecule has 2 aliphatic heterocycles. The zero-order chi connectivity index (χ0) is 20.2. The summed E-state index contributed by atoms with van der Waals surface area (Å²) in [6.07, 6.45) is 6.84. The smallest absolute Gasteiger partial charge is 0.410 e. The van der Waals surface area contributed by atoms with Crippen molar-refractivity contribution >= 4 is 35.0 Å². The molecule has 3 fully saturated rings. The van der Waals surface area contributed by atoms with Gasteiger partial charge in [0.15, 0.2) is 0 Å². The third kappa shape index (κ3) is 5.12. The number of halogens is 2. The molecule has 1 amide bonds. The quantitative estimate of drug-likeness (QED) is 0.652. The van der Waals surface area contributed by atoms with E-state index in [0.29, 0.717) is 22.7 Å². The molecule has 1 saturated carbocycles.